The number of benzene rings is 1. The Labute approximate surface area is 92.4 Å². The van der Waals surface area contributed by atoms with Gasteiger partial charge in [-0.25, -0.2) is 0 Å². The van der Waals surface area contributed by atoms with Crippen LogP contribution in [0.5, 0.6) is 0 Å². The minimum atomic E-state index is -0.331. The number of carbonyl (C=O) groups is 1. The molecule has 4 heteroatoms. The molecular weight excluding hydrogens is 212 g/mol. The molecule has 1 aromatic heterocycles. The lowest BCUT2D eigenvalue weighted by atomic mass is 10.1. The van der Waals surface area contributed by atoms with Gasteiger partial charge in [0.25, 0.3) is 0 Å². The minimum absolute atomic E-state index is 0.248. The molecule has 2 aromatic rings. The van der Waals surface area contributed by atoms with Crippen molar-refractivity contribution in [3.05, 3.63) is 35.0 Å². The van der Waals surface area contributed by atoms with Crippen molar-refractivity contribution in [1.29, 1.82) is 0 Å². The number of hydrogen-bond acceptors (Lipinski definition) is 1. The fourth-order valence-corrected chi connectivity index (χ4v) is 2.14. The van der Waals surface area contributed by atoms with Gasteiger partial charge in [0.2, 0.25) is 5.91 Å². The van der Waals surface area contributed by atoms with Crippen molar-refractivity contribution in [3.63, 3.8) is 0 Å². The molecule has 0 aliphatic carbocycles. The summed E-state index contributed by atoms with van der Waals surface area (Å²) in [6, 6.07) is 5.65. The first-order valence-corrected chi connectivity index (χ1v) is 4.98. The Kier molecular flexibility index (Phi) is 2.40. The Morgan fingerprint density at radius 1 is 1.53 bits per heavy atom. The molecule has 3 nitrogen and oxygen atoms in total. The molecule has 0 bridgehead atoms. The normalized spacial score (nSPS) is 10.8. The molecule has 1 amide bonds. The first-order chi connectivity index (χ1) is 7.09. The van der Waals surface area contributed by atoms with E-state index >= 15 is 0 Å². The van der Waals surface area contributed by atoms with Crippen molar-refractivity contribution in [2.24, 2.45) is 12.8 Å². The van der Waals surface area contributed by atoms with Crippen molar-refractivity contribution in [2.45, 2.75) is 6.42 Å². The van der Waals surface area contributed by atoms with E-state index in [9.17, 15) is 4.79 Å². The quantitative estimate of drug-likeness (QED) is 0.829. The van der Waals surface area contributed by atoms with Gasteiger partial charge in [0.05, 0.1) is 17.0 Å². The van der Waals surface area contributed by atoms with Gasteiger partial charge in [-0.3, -0.25) is 4.79 Å². The number of carbonyl (C=O) groups excluding carboxylic acids is 1. The molecule has 0 unspecified atom stereocenters. The van der Waals surface area contributed by atoms with Crippen LogP contribution < -0.4 is 5.73 Å². The zero-order valence-electron chi connectivity index (χ0n) is 8.33. The molecule has 0 atom stereocenters. The highest BCUT2D eigenvalue weighted by Crippen LogP contribution is 2.27. The zero-order chi connectivity index (χ0) is 11.0. The second-order valence-corrected chi connectivity index (χ2v) is 3.95. The van der Waals surface area contributed by atoms with Gasteiger partial charge in [0, 0.05) is 18.6 Å². The van der Waals surface area contributed by atoms with Crippen LogP contribution in [-0.4, -0.2) is 10.5 Å². The first-order valence-electron chi connectivity index (χ1n) is 4.60. The number of nitrogens with two attached hydrogens (primary N) is 1. The summed E-state index contributed by atoms with van der Waals surface area (Å²) in [6.07, 6.45) is 2.14. The average Bonchev–Trinajstić information content (AvgIpc) is 2.44. The van der Waals surface area contributed by atoms with Gasteiger partial charge < -0.3 is 10.3 Å². The monoisotopic (exact) mass is 222 g/mol. The third-order valence-electron chi connectivity index (χ3n) is 2.40. The Morgan fingerprint density at radius 3 is 2.93 bits per heavy atom. The molecule has 2 rings (SSSR count). The zero-order valence-corrected chi connectivity index (χ0v) is 9.08. The Bertz CT molecular complexity index is 531. The number of halogens is 1. The van der Waals surface area contributed by atoms with Crippen molar-refractivity contribution < 1.29 is 4.79 Å². The number of para-hydroxylation sites is 1. The van der Waals surface area contributed by atoms with E-state index in [-0.39, 0.29) is 12.3 Å². The number of hydrogen-bond donors (Lipinski definition) is 1. The van der Waals surface area contributed by atoms with Gasteiger partial charge in [-0.1, -0.05) is 23.7 Å². The summed E-state index contributed by atoms with van der Waals surface area (Å²) >= 11 is 6.08. The van der Waals surface area contributed by atoms with Crippen molar-refractivity contribution in [2.75, 3.05) is 0 Å². The maximum Gasteiger partial charge on any atom is 0.221 e. The van der Waals surface area contributed by atoms with Gasteiger partial charge in [-0.05, 0) is 11.6 Å². The van der Waals surface area contributed by atoms with E-state index in [1.165, 1.54) is 0 Å². The number of rotatable bonds is 2. The summed E-state index contributed by atoms with van der Waals surface area (Å²) in [6.45, 7) is 0. The highest BCUT2D eigenvalue weighted by atomic mass is 35.5. The van der Waals surface area contributed by atoms with Crippen molar-refractivity contribution in [1.82, 2.24) is 4.57 Å². The lowest BCUT2D eigenvalue weighted by Crippen LogP contribution is -2.13. The number of amides is 1. The second-order valence-electron chi connectivity index (χ2n) is 3.54. The second kappa shape index (κ2) is 3.59. The molecule has 0 aliphatic heterocycles. The van der Waals surface area contributed by atoms with Gasteiger partial charge in [-0.15, -0.1) is 0 Å². The number of aryl methyl sites for hydroxylation is 1. The molecule has 1 heterocycles. The molecule has 78 valence electrons. The Hall–Kier alpha value is -1.48. The summed E-state index contributed by atoms with van der Waals surface area (Å²) in [5.74, 6) is -0.331. The van der Waals surface area contributed by atoms with Crippen molar-refractivity contribution >= 4 is 28.4 Å². The van der Waals surface area contributed by atoms with Gasteiger partial charge in [0.1, 0.15) is 0 Å². The number of fused-ring (bicyclic) bond motifs is 1. The van der Waals surface area contributed by atoms with Crippen LogP contribution in [0.15, 0.2) is 24.4 Å². The Balaban J connectivity index is 2.68. The van der Waals surface area contributed by atoms with E-state index in [0.29, 0.717) is 5.02 Å². The van der Waals surface area contributed by atoms with Crippen LogP contribution >= 0.6 is 11.6 Å². The predicted molar refractivity (Wildman–Crippen MR) is 60.8 cm³/mol. The number of nitrogens with zero attached hydrogens (tertiary/aromatic N) is 1. The minimum Gasteiger partial charge on any atom is -0.369 e. The fourth-order valence-electron chi connectivity index (χ4n) is 1.83. The van der Waals surface area contributed by atoms with Crippen LogP contribution in [0.2, 0.25) is 5.02 Å². The largest absolute Gasteiger partial charge is 0.369 e. The smallest absolute Gasteiger partial charge is 0.221 e. The van der Waals surface area contributed by atoms with E-state index in [2.05, 4.69) is 0 Å². The summed E-state index contributed by atoms with van der Waals surface area (Å²) < 4.78 is 1.91. The lowest BCUT2D eigenvalue weighted by Gasteiger charge is -1.98. The number of primary amides is 1. The topological polar surface area (TPSA) is 48.0 Å². The molecule has 0 saturated heterocycles. The number of aromatic nitrogens is 1. The molecule has 15 heavy (non-hydrogen) atoms. The van der Waals surface area contributed by atoms with Crippen LogP contribution in [0.4, 0.5) is 0 Å². The van der Waals surface area contributed by atoms with Gasteiger partial charge in [0.15, 0.2) is 0 Å². The highest BCUT2D eigenvalue weighted by Gasteiger charge is 2.10. The van der Waals surface area contributed by atoms with Crippen LogP contribution in [-0.2, 0) is 18.3 Å². The van der Waals surface area contributed by atoms with E-state index in [1.54, 1.807) is 0 Å². The van der Waals surface area contributed by atoms with E-state index in [4.69, 9.17) is 17.3 Å². The van der Waals surface area contributed by atoms with E-state index in [1.807, 2.05) is 36.0 Å². The summed E-state index contributed by atoms with van der Waals surface area (Å²) in [7, 11) is 1.90. The summed E-state index contributed by atoms with van der Waals surface area (Å²) in [4.78, 5) is 10.9. The molecule has 1 aromatic carbocycles. The van der Waals surface area contributed by atoms with Crippen LogP contribution in [0.3, 0.4) is 0 Å². The summed E-state index contributed by atoms with van der Waals surface area (Å²) in [5, 5.41) is 1.68. The molecule has 0 radical (unpaired) electrons. The average molecular weight is 223 g/mol. The summed E-state index contributed by atoms with van der Waals surface area (Å²) in [5.41, 5.74) is 7.04. The highest BCUT2D eigenvalue weighted by molar-refractivity contribution is 6.35. The van der Waals surface area contributed by atoms with Crippen molar-refractivity contribution in [3.8, 4) is 0 Å². The molecule has 0 aliphatic rings. The van der Waals surface area contributed by atoms with E-state index in [0.717, 1.165) is 16.5 Å². The van der Waals surface area contributed by atoms with Crippen LogP contribution in [0.25, 0.3) is 10.9 Å². The van der Waals surface area contributed by atoms with E-state index < -0.39 is 0 Å². The molecule has 0 spiro atoms. The lowest BCUT2D eigenvalue weighted by molar-refractivity contribution is -0.117. The molecule has 0 fully saturated rings. The maximum absolute atomic E-state index is 10.9. The predicted octanol–water partition coefficient (Wildman–Crippen LogP) is 1.86. The molecule has 0 saturated carbocycles. The molecule has 2 N–H and O–H groups in total. The standard InChI is InChI=1S/C11H11ClN2O/c1-14-6-7(5-10(13)15)8-3-2-4-9(12)11(8)14/h2-4,6H,5H2,1H3,(H2,13,15). The maximum atomic E-state index is 10.9. The van der Waals surface area contributed by atoms with Gasteiger partial charge >= 0.3 is 0 Å². The van der Waals surface area contributed by atoms with Crippen LogP contribution in [0, 0.1) is 0 Å². The Morgan fingerprint density at radius 2 is 2.27 bits per heavy atom. The third-order valence-corrected chi connectivity index (χ3v) is 2.70. The fraction of sp³-hybridized carbons (Fsp3) is 0.182. The SMILES string of the molecule is Cn1cc(CC(N)=O)c2cccc(Cl)c21. The third kappa shape index (κ3) is 1.70. The first kappa shape index (κ1) is 10.1. The molecular formula is C11H11ClN2O. The van der Waals surface area contributed by atoms with Gasteiger partial charge in [-0.2, -0.15) is 0 Å². The van der Waals surface area contributed by atoms with Crippen LogP contribution in [0.1, 0.15) is 5.56 Å².